The van der Waals surface area contributed by atoms with Crippen molar-refractivity contribution in [1.82, 2.24) is 4.90 Å². The molecule has 0 bridgehead atoms. The Balaban J connectivity index is 1.86. The number of hydrogen-bond acceptors (Lipinski definition) is 3. The number of benzene rings is 1. The van der Waals surface area contributed by atoms with Gasteiger partial charge in [-0.3, -0.25) is 9.59 Å². The van der Waals surface area contributed by atoms with Crippen LogP contribution in [0.15, 0.2) is 41.8 Å². The van der Waals surface area contributed by atoms with Crippen LogP contribution in [0.3, 0.4) is 0 Å². The molecule has 1 saturated heterocycles. The first-order chi connectivity index (χ1) is 10.5. The summed E-state index contributed by atoms with van der Waals surface area (Å²) in [6.45, 7) is 2.47. The van der Waals surface area contributed by atoms with Crippen molar-refractivity contribution < 1.29 is 14.7 Å². The zero-order chi connectivity index (χ0) is 15.7. The average Bonchev–Trinajstić information content (AvgIpc) is 3.15. The number of carboxylic acid groups (broad SMARTS) is 1. The largest absolute Gasteiger partial charge is 0.481 e. The Hall–Kier alpha value is -2.14. The maximum atomic E-state index is 12.8. The molecule has 1 aliphatic heterocycles. The molecule has 0 aliphatic carbocycles. The highest BCUT2D eigenvalue weighted by atomic mass is 32.1. The van der Waals surface area contributed by atoms with E-state index >= 15 is 0 Å². The average molecular weight is 315 g/mol. The Morgan fingerprint density at radius 2 is 1.95 bits per heavy atom. The summed E-state index contributed by atoms with van der Waals surface area (Å²) in [6.07, 6.45) is 0.500. The molecule has 22 heavy (non-hydrogen) atoms. The molecule has 1 aliphatic rings. The number of carbonyl (C=O) groups excluding carboxylic acids is 1. The molecule has 4 nitrogen and oxygen atoms in total. The van der Waals surface area contributed by atoms with Crippen molar-refractivity contribution in [2.45, 2.75) is 13.3 Å². The number of carboxylic acids is 1. The van der Waals surface area contributed by atoms with Crippen molar-refractivity contribution in [3.05, 3.63) is 46.7 Å². The predicted molar refractivity (Wildman–Crippen MR) is 86.0 cm³/mol. The first-order valence-corrected chi connectivity index (χ1v) is 8.05. The normalized spacial score (nSPS) is 21.0. The lowest BCUT2D eigenvalue weighted by Gasteiger charge is -2.20. The van der Waals surface area contributed by atoms with Gasteiger partial charge in [0.15, 0.2) is 0 Å². The highest BCUT2D eigenvalue weighted by Gasteiger charge is 2.42. The number of amides is 1. The van der Waals surface area contributed by atoms with Gasteiger partial charge in [-0.1, -0.05) is 30.3 Å². The number of thiophene rings is 1. The smallest absolute Gasteiger partial charge is 0.311 e. The topological polar surface area (TPSA) is 57.6 Å². The van der Waals surface area contributed by atoms with Gasteiger partial charge in [0.25, 0.3) is 5.91 Å². The molecular formula is C17H17NO3S. The van der Waals surface area contributed by atoms with Crippen LogP contribution in [0.1, 0.15) is 23.0 Å². The van der Waals surface area contributed by atoms with E-state index < -0.39 is 11.4 Å². The Morgan fingerprint density at radius 1 is 1.23 bits per heavy atom. The lowest BCUT2D eigenvalue weighted by Crippen LogP contribution is -2.34. The van der Waals surface area contributed by atoms with Crippen LogP contribution < -0.4 is 0 Å². The van der Waals surface area contributed by atoms with E-state index in [1.807, 2.05) is 41.8 Å². The maximum absolute atomic E-state index is 12.8. The number of nitrogens with zero attached hydrogens (tertiary/aromatic N) is 1. The van der Waals surface area contributed by atoms with Gasteiger partial charge in [0.05, 0.1) is 10.3 Å². The van der Waals surface area contributed by atoms with Crippen LogP contribution in [0, 0.1) is 5.41 Å². The predicted octanol–water partition coefficient (Wildman–Crippen LogP) is 3.35. The lowest BCUT2D eigenvalue weighted by molar-refractivity contribution is -0.147. The first-order valence-electron chi connectivity index (χ1n) is 7.17. The van der Waals surface area contributed by atoms with Gasteiger partial charge in [-0.2, -0.15) is 0 Å². The van der Waals surface area contributed by atoms with Crippen LogP contribution in [0.25, 0.3) is 11.1 Å². The van der Waals surface area contributed by atoms with Crippen LogP contribution in [-0.4, -0.2) is 35.0 Å². The second kappa shape index (κ2) is 5.57. The third-order valence-corrected chi connectivity index (χ3v) is 5.12. The van der Waals surface area contributed by atoms with Crippen molar-refractivity contribution in [2.24, 2.45) is 5.41 Å². The van der Waals surface area contributed by atoms with Crippen molar-refractivity contribution in [3.8, 4) is 11.1 Å². The second-order valence-corrected chi connectivity index (χ2v) is 6.79. The molecule has 1 amide bonds. The minimum absolute atomic E-state index is 0.0705. The van der Waals surface area contributed by atoms with Crippen LogP contribution >= 0.6 is 11.3 Å². The van der Waals surface area contributed by atoms with E-state index in [9.17, 15) is 14.7 Å². The summed E-state index contributed by atoms with van der Waals surface area (Å²) in [5.74, 6) is -0.906. The van der Waals surface area contributed by atoms with Crippen LogP contribution in [-0.2, 0) is 4.79 Å². The molecule has 1 aromatic heterocycles. The standard InChI is InChI=1S/C17H17NO3S/c1-17(16(20)21)8-9-18(11-17)15(19)14-13(7-10-22-14)12-5-3-2-4-6-12/h2-7,10H,8-9,11H2,1H3,(H,20,21)/t17-/m0/s1. The van der Waals surface area contributed by atoms with Crippen LogP contribution in [0.5, 0.6) is 0 Å². The molecule has 1 atom stereocenters. The first kappa shape index (κ1) is 14.8. The summed E-state index contributed by atoms with van der Waals surface area (Å²) in [5, 5.41) is 11.2. The van der Waals surface area contributed by atoms with Gasteiger partial charge in [0.1, 0.15) is 0 Å². The molecule has 5 heteroatoms. The van der Waals surface area contributed by atoms with Gasteiger partial charge in [0, 0.05) is 18.7 Å². The number of carbonyl (C=O) groups is 2. The Bertz CT molecular complexity index is 710. The van der Waals surface area contributed by atoms with Crippen LogP contribution in [0.2, 0.25) is 0 Å². The number of hydrogen-bond donors (Lipinski definition) is 1. The summed E-state index contributed by atoms with van der Waals surface area (Å²) < 4.78 is 0. The van der Waals surface area contributed by atoms with Crippen molar-refractivity contribution >= 4 is 23.2 Å². The van der Waals surface area contributed by atoms with E-state index in [0.717, 1.165) is 11.1 Å². The fraction of sp³-hybridized carbons (Fsp3) is 0.294. The Kier molecular flexibility index (Phi) is 3.74. The molecule has 0 saturated carbocycles. The van der Waals surface area contributed by atoms with Crippen molar-refractivity contribution in [3.63, 3.8) is 0 Å². The van der Waals surface area contributed by atoms with E-state index in [1.165, 1.54) is 11.3 Å². The van der Waals surface area contributed by atoms with E-state index in [1.54, 1.807) is 11.8 Å². The summed E-state index contributed by atoms with van der Waals surface area (Å²) in [6, 6.07) is 11.7. The highest BCUT2D eigenvalue weighted by molar-refractivity contribution is 7.12. The zero-order valence-corrected chi connectivity index (χ0v) is 13.1. The molecule has 114 valence electrons. The van der Waals surface area contributed by atoms with Gasteiger partial charge in [-0.25, -0.2) is 0 Å². The number of rotatable bonds is 3. The van der Waals surface area contributed by atoms with Crippen molar-refractivity contribution in [2.75, 3.05) is 13.1 Å². The van der Waals surface area contributed by atoms with Crippen LogP contribution in [0.4, 0.5) is 0 Å². The lowest BCUT2D eigenvalue weighted by atomic mass is 9.90. The summed E-state index contributed by atoms with van der Waals surface area (Å²) in [7, 11) is 0. The second-order valence-electron chi connectivity index (χ2n) is 5.87. The molecule has 1 N–H and O–H groups in total. The van der Waals surface area contributed by atoms with Gasteiger partial charge >= 0.3 is 5.97 Å². The minimum atomic E-state index is -0.836. The third kappa shape index (κ3) is 2.52. The van der Waals surface area contributed by atoms with E-state index in [2.05, 4.69) is 0 Å². The molecule has 0 spiro atoms. The number of aliphatic carboxylic acids is 1. The molecule has 0 radical (unpaired) electrons. The fourth-order valence-electron chi connectivity index (χ4n) is 2.77. The SMILES string of the molecule is C[C@]1(C(=O)O)CCN(C(=O)c2sccc2-c2ccccc2)C1. The molecular weight excluding hydrogens is 298 g/mol. The molecule has 1 aromatic carbocycles. The molecule has 1 fully saturated rings. The maximum Gasteiger partial charge on any atom is 0.311 e. The monoisotopic (exact) mass is 315 g/mol. The van der Waals surface area contributed by atoms with Gasteiger partial charge in [-0.15, -0.1) is 11.3 Å². The molecule has 0 unspecified atom stereocenters. The molecule has 3 rings (SSSR count). The Labute approximate surface area is 133 Å². The third-order valence-electron chi connectivity index (χ3n) is 4.22. The van der Waals surface area contributed by atoms with E-state index in [0.29, 0.717) is 17.8 Å². The van der Waals surface area contributed by atoms with Crippen molar-refractivity contribution in [1.29, 1.82) is 0 Å². The zero-order valence-electron chi connectivity index (χ0n) is 12.3. The summed E-state index contributed by atoms with van der Waals surface area (Å²) in [5.41, 5.74) is 1.09. The Morgan fingerprint density at radius 3 is 2.59 bits per heavy atom. The highest BCUT2D eigenvalue weighted by Crippen LogP contribution is 2.34. The van der Waals surface area contributed by atoms with Gasteiger partial charge in [0.2, 0.25) is 0 Å². The van der Waals surface area contributed by atoms with Gasteiger partial charge in [-0.05, 0) is 30.4 Å². The molecule has 2 aromatic rings. The quantitative estimate of drug-likeness (QED) is 0.945. The fourth-order valence-corrected chi connectivity index (χ4v) is 3.66. The summed E-state index contributed by atoms with van der Waals surface area (Å²) >= 11 is 1.41. The van der Waals surface area contributed by atoms with E-state index in [4.69, 9.17) is 0 Å². The van der Waals surface area contributed by atoms with E-state index in [-0.39, 0.29) is 12.5 Å². The van der Waals surface area contributed by atoms with Gasteiger partial charge < -0.3 is 10.0 Å². The summed E-state index contributed by atoms with van der Waals surface area (Å²) in [4.78, 5) is 26.4. The number of likely N-dealkylation sites (tertiary alicyclic amines) is 1. The molecule has 2 heterocycles. The minimum Gasteiger partial charge on any atom is -0.481 e.